The zero-order chi connectivity index (χ0) is 13.1. The van der Waals surface area contributed by atoms with E-state index in [1.165, 1.54) is 0 Å². The Morgan fingerprint density at radius 1 is 1.12 bits per heavy atom. The molecule has 0 aliphatic carbocycles. The van der Waals surface area contributed by atoms with Crippen molar-refractivity contribution >= 4 is 17.2 Å². The first-order valence-electron chi connectivity index (χ1n) is 5.42. The fourth-order valence-electron chi connectivity index (χ4n) is 1.48. The summed E-state index contributed by atoms with van der Waals surface area (Å²) >= 11 is 5.41. The van der Waals surface area contributed by atoms with E-state index in [1.807, 2.05) is 18.2 Å². The standard InChI is InChI=1S/C13H19NO2S/c1-13(2,3)14-12(17)11-9(15-4)7-6-8-10(11)16-5/h6-8H,1-5H3,(H,14,17). The summed E-state index contributed by atoms with van der Waals surface area (Å²) in [5.41, 5.74) is 0.700. The lowest BCUT2D eigenvalue weighted by molar-refractivity contribution is 0.392. The van der Waals surface area contributed by atoms with Crippen LogP contribution in [0.4, 0.5) is 0 Å². The summed E-state index contributed by atoms with van der Waals surface area (Å²) in [6.07, 6.45) is 0. The molecule has 0 aromatic heterocycles. The third kappa shape index (κ3) is 3.60. The van der Waals surface area contributed by atoms with Gasteiger partial charge in [0.15, 0.2) is 0 Å². The van der Waals surface area contributed by atoms with Crippen molar-refractivity contribution < 1.29 is 9.47 Å². The summed E-state index contributed by atoms with van der Waals surface area (Å²) in [4.78, 5) is 0.631. The molecule has 0 saturated carbocycles. The van der Waals surface area contributed by atoms with Gasteiger partial charge in [0, 0.05) is 5.54 Å². The Labute approximate surface area is 108 Å². The highest BCUT2D eigenvalue weighted by Crippen LogP contribution is 2.28. The number of hydrogen-bond donors (Lipinski definition) is 1. The Morgan fingerprint density at radius 2 is 1.59 bits per heavy atom. The van der Waals surface area contributed by atoms with Gasteiger partial charge in [0.05, 0.1) is 19.8 Å². The van der Waals surface area contributed by atoms with Crippen LogP contribution in [0.3, 0.4) is 0 Å². The van der Waals surface area contributed by atoms with E-state index in [9.17, 15) is 0 Å². The average molecular weight is 253 g/mol. The van der Waals surface area contributed by atoms with Crippen molar-refractivity contribution in [3.8, 4) is 11.5 Å². The van der Waals surface area contributed by atoms with Crippen molar-refractivity contribution in [3.05, 3.63) is 23.8 Å². The van der Waals surface area contributed by atoms with Gasteiger partial charge in [-0.2, -0.15) is 0 Å². The van der Waals surface area contributed by atoms with Gasteiger partial charge in [-0.1, -0.05) is 18.3 Å². The molecular weight excluding hydrogens is 234 g/mol. The molecule has 0 aliphatic rings. The van der Waals surface area contributed by atoms with Gasteiger partial charge in [0.25, 0.3) is 0 Å². The summed E-state index contributed by atoms with van der Waals surface area (Å²) in [7, 11) is 3.25. The maximum absolute atomic E-state index is 5.41. The monoisotopic (exact) mass is 253 g/mol. The van der Waals surface area contributed by atoms with E-state index < -0.39 is 0 Å². The highest BCUT2D eigenvalue weighted by atomic mass is 32.1. The fourth-order valence-corrected chi connectivity index (χ4v) is 1.99. The lowest BCUT2D eigenvalue weighted by Crippen LogP contribution is -2.40. The van der Waals surface area contributed by atoms with Crippen LogP contribution in [-0.4, -0.2) is 24.7 Å². The van der Waals surface area contributed by atoms with Gasteiger partial charge in [0.1, 0.15) is 16.5 Å². The number of thiocarbonyl (C=S) groups is 1. The number of rotatable bonds is 3. The molecule has 1 aromatic rings. The molecule has 0 heterocycles. The van der Waals surface area contributed by atoms with Gasteiger partial charge in [-0.3, -0.25) is 0 Å². The largest absolute Gasteiger partial charge is 0.496 e. The topological polar surface area (TPSA) is 30.5 Å². The van der Waals surface area contributed by atoms with Crippen molar-refractivity contribution in [2.75, 3.05) is 14.2 Å². The predicted molar refractivity (Wildman–Crippen MR) is 74.1 cm³/mol. The van der Waals surface area contributed by atoms with E-state index in [2.05, 4.69) is 26.1 Å². The minimum atomic E-state index is -0.0943. The van der Waals surface area contributed by atoms with Crippen molar-refractivity contribution in [1.29, 1.82) is 0 Å². The second kappa shape index (κ2) is 5.36. The van der Waals surface area contributed by atoms with Gasteiger partial charge in [0.2, 0.25) is 0 Å². The Balaban J connectivity index is 3.14. The molecule has 1 aromatic carbocycles. The van der Waals surface area contributed by atoms with Crippen LogP contribution in [0.25, 0.3) is 0 Å². The van der Waals surface area contributed by atoms with Gasteiger partial charge < -0.3 is 14.8 Å². The Kier molecular flexibility index (Phi) is 4.34. The summed E-state index contributed by atoms with van der Waals surface area (Å²) < 4.78 is 10.6. The third-order valence-corrected chi connectivity index (χ3v) is 2.45. The molecule has 17 heavy (non-hydrogen) atoms. The quantitative estimate of drug-likeness (QED) is 0.839. The van der Waals surface area contributed by atoms with Crippen LogP contribution in [0.15, 0.2) is 18.2 Å². The molecule has 1 N–H and O–H groups in total. The molecule has 0 spiro atoms. The second-order valence-electron chi connectivity index (χ2n) is 4.74. The van der Waals surface area contributed by atoms with Gasteiger partial charge >= 0.3 is 0 Å². The van der Waals surface area contributed by atoms with E-state index in [4.69, 9.17) is 21.7 Å². The molecule has 0 atom stereocenters. The van der Waals surface area contributed by atoms with E-state index in [0.717, 1.165) is 5.56 Å². The zero-order valence-corrected chi connectivity index (χ0v) is 11.8. The normalized spacial score (nSPS) is 10.9. The summed E-state index contributed by atoms with van der Waals surface area (Å²) in [5, 5.41) is 3.26. The van der Waals surface area contributed by atoms with Crippen LogP contribution in [0.2, 0.25) is 0 Å². The molecule has 0 aliphatic heterocycles. The SMILES string of the molecule is COc1cccc(OC)c1C(=S)NC(C)(C)C. The lowest BCUT2D eigenvalue weighted by atomic mass is 10.1. The van der Waals surface area contributed by atoms with Crippen molar-refractivity contribution in [2.45, 2.75) is 26.3 Å². The lowest BCUT2D eigenvalue weighted by Gasteiger charge is -2.24. The molecule has 0 unspecified atom stereocenters. The summed E-state index contributed by atoms with van der Waals surface area (Å²) in [6.45, 7) is 6.17. The Morgan fingerprint density at radius 3 is 1.94 bits per heavy atom. The molecular formula is C13H19NO2S. The maximum atomic E-state index is 5.41. The third-order valence-electron chi connectivity index (χ3n) is 2.14. The number of nitrogens with one attached hydrogen (secondary N) is 1. The molecule has 94 valence electrons. The van der Waals surface area contributed by atoms with E-state index >= 15 is 0 Å². The Bertz CT molecular complexity index is 388. The van der Waals surface area contributed by atoms with Crippen LogP contribution in [-0.2, 0) is 0 Å². The number of methoxy groups -OCH3 is 2. The van der Waals surface area contributed by atoms with Gasteiger partial charge in [-0.25, -0.2) is 0 Å². The summed E-state index contributed by atoms with van der Waals surface area (Å²) in [5.74, 6) is 1.43. The van der Waals surface area contributed by atoms with Crippen LogP contribution in [0.1, 0.15) is 26.3 Å². The fraction of sp³-hybridized carbons (Fsp3) is 0.462. The molecule has 0 fully saturated rings. The van der Waals surface area contributed by atoms with Gasteiger partial charge in [-0.05, 0) is 32.9 Å². The van der Waals surface area contributed by atoms with Gasteiger partial charge in [-0.15, -0.1) is 0 Å². The molecule has 3 nitrogen and oxygen atoms in total. The Hall–Kier alpha value is -1.29. The zero-order valence-electron chi connectivity index (χ0n) is 11.0. The van der Waals surface area contributed by atoms with E-state index in [-0.39, 0.29) is 5.54 Å². The first-order chi connectivity index (χ1) is 7.89. The first-order valence-corrected chi connectivity index (χ1v) is 5.83. The molecule has 4 heteroatoms. The van der Waals surface area contributed by atoms with Crippen molar-refractivity contribution in [2.24, 2.45) is 0 Å². The van der Waals surface area contributed by atoms with Crippen molar-refractivity contribution in [1.82, 2.24) is 5.32 Å². The minimum Gasteiger partial charge on any atom is -0.496 e. The molecule has 0 bridgehead atoms. The highest BCUT2D eigenvalue weighted by Gasteiger charge is 2.19. The predicted octanol–water partition coefficient (Wildman–Crippen LogP) is 2.77. The number of benzene rings is 1. The first kappa shape index (κ1) is 13.8. The smallest absolute Gasteiger partial charge is 0.132 e. The maximum Gasteiger partial charge on any atom is 0.132 e. The van der Waals surface area contributed by atoms with Crippen molar-refractivity contribution in [3.63, 3.8) is 0 Å². The summed E-state index contributed by atoms with van der Waals surface area (Å²) in [6, 6.07) is 5.61. The average Bonchev–Trinajstić information content (AvgIpc) is 2.25. The number of hydrogen-bond acceptors (Lipinski definition) is 3. The molecule has 1 rings (SSSR count). The van der Waals surface area contributed by atoms with E-state index in [0.29, 0.717) is 16.5 Å². The van der Waals surface area contributed by atoms with Crippen LogP contribution >= 0.6 is 12.2 Å². The van der Waals surface area contributed by atoms with E-state index in [1.54, 1.807) is 14.2 Å². The minimum absolute atomic E-state index is 0.0943. The second-order valence-corrected chi connectivity index (χ2v) is 5.15. The van der Waals surface area contributed by atoms with Crippen LogP contribution in [0.5, 0.6) is 11.5 Å². The molecule has 0 radical (unpaired) electrons. The number of ether oxygens (including phenoxy) is 2. The van der Waals surface area contributed by atoms with Crippen LogP contribution in [0, 0.1) is 0 Å². The molecule has 0 saturated heterocycles. The van der Waals surface area contributed by atoms with Crippen LogP contribution < -0.4 is 14.8 Å². The molecule has 0 amide bonds. The highest BCUT2D eigenvalue weighted by molar-refractivity contribution is 7.80.